The Hall–Kier alpha value is -7.04. The maximum Gasteiger partial charge on any atom is 0.162 e. The molecule has 8 aromatic carbocycles. The van der Waals surface area contributed by atoms with Crippen molar-refractivity contribution < 1.29 is 0 Å². The third-order valence-electron chi connectivity index (χ3n) is 11.0. The van der Waals surface area contributed by atoms with Gasteiger partial charge in [-0.25, -0.2) is 9.97 Å². The van der Waals surface area contributed by atoms with Crippen molar-refractivity contribution in [3.05, 3.63) is 170 Å². The monoisotopic (exact) mass is 660 g/mol. The molecule has 0 saturated heterocycles. The number of nitrogens with zero attached hydrogens (tertiary/aromatic N) is 4. The summed E-state index contributed by atoms with van der Waals surface area (Å²) in [6.07, 6.45) is 0. The van der Waals surface area contributed by atoms with Crippen molar-refractivity contribution in [1.82, 2.24) is 18.9 Å². The van der Waals surface area contributed by atoms with Crippen LogP contribution in [0.25, 0.3) is 110 Å². The second-order valence-corrected chi connectivity index (χ2v) is 13.8. The van der Waals surface area contributed by atoms with Crippen LogP contribution in [-0.4, -0.2) is 18.9 Å². The molecule has 0 spiro atoms. The molecule has 4 heteroatoms. The Morgan fingerprint density at radius 2 is 1.06 bits per heavy atom. The molecule has 12 rings (SSSR count). The minimum atomic E-state index is 0.705. The highest BCUT2D eigenvalue weighted by atomic mass is 15.1. The maximum absolute atomic E-state index is 5.48. The largest absolute Gasteiger partial charge is 0.307 e. The van der Waals surface area contributed by atoms with Gasteiger partial charge in [-0.05, 0) is 52.9 Å². The summed E-state index contributed by atoms with van der Waals surface area (Å²) in [6.45, 7) is 0. The summed E-state index contributed by atoms with van der Waals surface area (Å²) in [4.78, 5) is 10.6. The lowest BCUT2D eigenvalue weighted by Gasteiger charge is -2.13. The molecule has 52 heavy (non-hydrogen) atoms. The Kier molecular flexibility index (Phi) is 5.47. The molecule has 12 aromatic rings. The van der Waals surface area contributed by atoms with E-state index >= 15 is 0 Å². The average Bonchev–Trinajstić information content (AvgIpc) is 3.85. The minimum absolute atomic E-state index is 0.705. The topological polar surface area (TPSA) is 35.1 Å². The molecule has 4 heterocycles. The fourth-order valence-electron chi connectivity index (χ4n) is 8.82. The maximum atomic E-state index is 5.48. The Morgan fingerprint density at radius 1 is 0.365 bits per heavy atom. The van der Waals surface area contributed by atoms with Crippen LogP contribution >= 0.6 is 0 Å². The summed E-state index contributed by atoms with van der Waals surface area (Å²) < 4.78 is 4.90. The van der Waals surface area contributed by atoms with E-state index in [4.69, 9.17) is 9.97 Å². The van der Waals surface area contributed by atoms with E-state index in [9.17, 15) is 0 Å². The second kappa shape index (κ2) is 10.3. The molecule has 0 aliphatic carbocycles. The lowest BCUT2D eigenvalue weighted by molar-refractivity contribution is 1.08. The van der Waals surface area contributed by atoms with E-state index in [0.717, 1.165) is 38.9 Å². The first-order valence-corrected chi connectivity index (χ1v) is 17.8. The number of aromatic nitrogens is 4. The smallest absolute Gasteiger partial charge is 0.162 e. The van der Waals surface area contributed by atoms with E-state index in [0.29, 0.717) is 5.82 Å². The zero-order chi connectivity index (χ0) is 33.9. The lowest BCUT2D eigenvalue weighted by atomic mass is 10.00. The molecule has 4 aromatic heterocycles. The van der Waals surface area contributed by atoms with E-state index < -0.39 is 0 Å². The van der Waals surface area contributed by atoms with Crippen molar-refractivity contribution in [2.24, 2.45) is 0 Å². The van der Waals surface area contributed by atoms with Crippen molar-refractivity contribution in [1.29, 1.82) is 0 Å². The number of hydrogen-bond acceptors (Lipinski definition) is 2. The van der Waals surface area contributed by atoms with Gasteiger partial charge in [0, 0.05) is 48.7 Å². The van der Waals surface area contributed by atoms with Crippen LogP contribution in [0.15, 0.2) is 170 Å². The van der Waals surface area contributed by atoms with E-state index in [-0.39, 0.29) is 0 Å². The van der Waals surface area contributed by atoms with Crippen LogP contribution in [0.3, 0.4) is 0 Å². The highest BCUT2D eigenvalue weighted by Gasteiger charge is 2.26. The van der Waals surface area contributed by atoms with Gasteiger partial charge in [-0.3, -0.25) is 4.57 Å². The Bertz CT molecular complexity index is 3410. The fraction of sp³-hybridized carbons (Fsp3) is 0. The van der Waals surface area contributed by atoms with Gasteiger partial charge in [0.2, 0.25) is 0 Å². The SMILES string of the molecule is c1ccc(-c2cccc(-c3nc(-n4c5ccccc5c5c6c7ccc8ccccc8c7n7c8ccccc8c(cc54)c67)c4ccccc4n3)c2)cc1. The van der Waals surface area contributed by atoms with Crippen LogP contribution in [0, 0.1) is 0 Å². The van der Waals surface area contributed by atoms with Crippen molar-refractivity contribution in [3.63, 3.8) is 0 Å². The molecule has 0 bridgehead atoms. The van der Waals surface area contributed by atoms with Crippen molar-refractivity contribution >= 4 is 81.6 Å². The van der Waals surface area contributed by atoms with E-state index in [1.54, 1.807) is 0 Å². The second-order valence-electron chi connectivity index (χ2n) is 13.8. The Balaban J connectivity index is 1.25. The quantitative estimate of drug-likeness (QED) is 0.189. The number of rotatable bonds is 3. The summed E-state index contributed by atoms with van der Waals surface area (Å²) in [5.41, 5.74) is 10.2. The van der Waals surface area contributed by atoms with Crippen LogP contribution < -0.4 is 0 Å². The number of hydrogen-bond donors (Lipinski definition) is 0. The van der Waals surface area contributed by atoms with Gasteiger partial charge in [-0.15, -0.1) is 0 Å². The Morgan fingerprint density at radius 3 is 1.94 bits per heavy atom. The van der Waals surface area contributed by atoms with E-state index in [1.165, 1.54) is 65.2 Å². The van der Waals surface area contributed by atoms with Crippen LogP contribution in [0.2, 0.25) is 0 Å². The van der Waals surface area contributed by atoms with Crippen LogP contribution in [0.1, 0.15) is 0 Å². The molecule has 0 amide bonds. The van der Waals surface area contributed by atoms with Crippen molar-refractivity contribution in [3.8, 4) is 28.3 Å². The summed E-state index contributed by atoms with van der Waals surface area (Å²) in [7, 11) is 0. The number of fused-ring (bicyclic) bond motifs is 13. The van der Waals surface area contributed by atoms with E-state index in [2.05, 4.69) is 179 Å². The molecular formula is C48H28N4. The molecule has 240 valence electrons. The Labute approximate surface area is 297 Å². The highest BCUT2D eigenvalue weighted by Crippen LogP contribution is 2.48. The third-order valence-corrected chi connectivity index (χ3v) is 11.0. The predicted molar refractivity (Wildman–Crippen MR) is 217 cm³/mol. The zero-order valence-electron chi connectivity index (χ0n) is 28.0. The van der Waals surface area contributed by atoms with Gasteiger partial charge in [-0.2, -0.15) is 0 Å². The molecule has 4 nitrogen and oxygen atoms in total. The molecule has 0 aliphatic rings. The highest BCUT2D eigenvalue weighted by molar-refractivity contribution is 6.37. The van der Waals surface area contributed by atoms with Gasteiger partial charge in [-0.1, -0.05) is 133 Å². The lowest BCUT2D eigenvalue weighted by Crippen LogP contribution is -2.02. The normalized spacial score (nSPS) is 12.2. The summed E-state index contributed by atoms with van der Waals surface area (Å²) >= 11 is 0. The third kappa shape index (κ3) is 3.65. The fourth-order valence-corrected chi connectivity index (χ4v) is 8.82. The summed E-state index contributed by atoms with van der Waals surface area (Å²) in [6, 6.07) is 60.9. The van der Waals surface area contributed by atoms with E-state index in [1.807, 2.05) is 0 Å². The number of para-hydroxylation sites is 3. The van der Waals surface area contributed by atoms with Crippen LogP contribution in [-0.2, 0) is 0 Å². The molecule has 0 unspecified atom stereocenters. The predicted octanol–water partition coefficient (Wildman–Crippen LogP) is 12.4. The van der Waals surface area contributed by atoms with Gasteiger partial charge < -0.3 is 4.40 Å². The molecule has 0 radical (unpaired) electrons. The van der Waals surface area contributed by atoms with Crippen LogP contribution in [0.4, 0.5) is 0 Å². The first-order chi connectivity index (χ1) is 25.8. The first kappa shape index (κ1) is 27.7. The van der Waals surface area contributed by atoms with Crippen LogP contribution in [0.5, 0.6) is 0 Å². The number of benzene rings is 8. The van der Waals surface area contributed by atoms with Gasteiger partial charge in [0.1, 0.15) is 5.82 Å². The first-order valence-electron chi connectivity index (χ1n) is 17.8. The summed E-state index contributed by atoms with van der Waals surface area (Å²) in [5.74, 6) is 1.58. The molecule has 0 fully saturated rings. The standard InChI is InChI=1S/C48H28N4/c1-2-13-29(14-3-1)31-16-12-17-32(27-31)47-49-39-22-9-6-20-35(39)48(50-47)51-41-24-11-8-21-36(41)43-42(51)28-38-34-19-7-10-23-40(34)52-45-33-18-5-4-15-30(33)25-26-37(45)44(43)46(38)52/h1-28H. The molecule has 0 atom stereocenters. The minimum Gasteiger partial charge on any atom is -0.307 e. The van der Waals surface area contributed by atoms with Gasteiger partial charge in [0.05, 0.1) is 33.1 Å². The average molecular weight is 661 g/mol. The molecule has 0 aliphatic heterocycles. The zero-order valence-corrected chi connectivity index (χ0v) is 28.0. The molecule has 0 N–H and O–H groups in total. The van der Waals surface area contributed by atoms with Gasteiger partial charge >= 0.3 is 0 Å². The van der Waals surface area contributed by atoms with Gasteiger partial charge in [0.25, 0.3) is 0 Å². The molecule has 0 saturated carbocycles. The van der Waals surface area contributed by atoms with Crippen molar-refractivity contribution in [2.75, 3.05) is 0 Å². The van der Waals surface area contributed by atoms with Gasteiger partial charge in [0.15, 0.2) is 5.82 Å². The van der Waals surface area contributed by atoms with Crippen molar-refractivity contribution in [2.45, 2.75) is 0 Å². The molecular weight excluding hydrogens is 633 g/mol. The summed E-state index contributed by atoms with van der Waals surface area (Å²) in [5, 5.41) is 11.0.